The third-order valence-corrected chi connectivity index (χ3v) is 4.75. The van der Waals surface area contributed by atoms with Crippen LogP contribution in [0.25, 0.3) is 0 Å². The van der Waals surface area contributed by atoms with Gasteiger partial charge in [-0.25, -0.2) is 0 Å². The molecule has 0 amide bonds. The fraction of sp³-hybridized carbons (Fsp3) is 0.769. The van der Waals surface area contributed by atoms with Crippen LogP contribution in [0.5, 0.6) is 0 Å². The van der Waals surface area contributed by atoms with Gasteiger partial charge in [-0.15, -0.1) is 0 Å². The highest BCUT2D eigenvalue weighted by Gasteiger charge is 2.27. The fourth-order valence-electron chi connectivity index (χ4n) is 3.15. The highest BCUT2D eigenvalue weighted by molar-refractivity contribution is 14.1. The summed E-state index contributed by atoms with van der Waals surface area (Å²) in [5.74, 6) is 0. The first kappa shape index (κ1) is 12.9. The molecule has 18 heavy (non-hydrogen) atoms. The maximum absolute atomic E-state index is 5.43. The molecule has 1 saturated heterocycles. The van der Waals surface area contributed by atoms with E-state index in [2.05, 4.69) is 49.5 Å². The summed E-state index contributed by atoms with van der Waals surface area (Å²) in [6, 6.07) is 3.49. The zero-order valence-corrected chi connectivity index (χ0v) is 12.8. The first-order valence-corrected chi connectivity index (χ1v) is 7.93. The summed E-state index contributed by atoms with van der Waals surface area (Å²) in [6.07, 6.45) is 7.27. The molecule has 0 spiro atoms. The molecule has 2 aliphatic rings. The van der Waals surface area contributed by atoms with Gasteiger partial charge in [0.2, 0.25) is 0 Å². The molecule has 1 aliphatic heterocycles. The third-order valence-electron chi connectivity index (χ3n) is 4.18. The molecule has 1 saturated carbocycles. The van der Waals surface area contributed by atoms with E-state index >= 15 is 0 Å². The van der Waals surface area contributed by atoms with Gasteiger partial charge >= 0.3 is 0 Å². The van der Waals surface area contributed by atoms with Crippen molar-refractivity contribution in [1.82, 2.24) is 14.7 Å². The topological polar surface area (TPSA) is 30.3 Å². The highest BCUT2D eigenvalue weighted by atomic mass is 127. The zero-order valence-electron chi connectivity index (χ0n) is 10.6. The summed E-state index contributed by atoms with van der Waals surface area (Å²) >= 11 is 2.28. The van der Waals surface area contributed by atoms with E-state index in [-0.39, 0.29) is 0 Å². The van der Waals surface area contributed by atoms with Gasteiger partial charge in [-0.05, 0) is 54.3 Å². The smallest absolute Gasteiger partial charge is 0.123 e. The zero-order chi connectivity index (χ0) is 12.4. The van der Waals surface area contributed by atoms with Crippen LogP contribution in [0.15, 0.2) is 12.3 Å². The van der Waals surface area contributed by atoms with Gasteiger partial charge in [-0.2, -0.15) is 5.10 Å². The van der Waals surface area contributed by atoms with Crippen molar-refractivity contribution in [2.24, 2.45) is 0 Å². The Labute approximate surface area is 122 Å². The Bertz CT molecular complexity index is 381. The number of rotatable bonds is 2. The molecule has 0 aromatic carbocycles. The van der Waals surface area contributed by atoms with Gasteiger partial charge in [0.25, 0.3) is 0 Å². The summed E-state index contributed by atoms with van der Waals surface area (Å²) in [5, 5.41) is 4.54. The van der Waals surface area contributed by atoms with Crippen molar-refractivity contribution in [2.75, 3.05) is 26.3 Å². The van der Waals surface area contributed by atoms with Crippen LogP contribution in [-0.4, -0.2) is 47.0 Å². The number of morpholine rings is 1. The summed E-state index contributed by atoms with van der Waals surface area (Å²) in [7, 11) is 0. The maximum Gasteiger partial charge on any atom is 0.123 e. The second-order valence-corrected chi connectivity index (χ2v) is 6.33. The number of hydrogen-bond acceptors (Lipinski definition) is 3. The molecule has 100 valence electrons. The minimum absolute atomic E-state index is 0.616. The second kappa shape index (κ2) is 5.88. The van der Waals surface area contributed by atoms with Crippen molar-refractivity contribution in [1.29, 1.82) is 0 Å². The minimum atomic E-state index is 0.616. The Balaban J connectivity index is 1.54. The number of ether oxygens (including phenoxy) is 1. The molecule has 1 aromatic rings. The highest BCUT2D eigenvalue weighted by Crippen LogP contribution is 2.31. The van der Waals surface area contributed by atoms with Gasteiger partial charge < -0.3 is 4.74 Å². The lowest BCUT2D eigenvalue weighted by Gasteiger charge is -2.38. The van der Waals surface area contributed by atoms with E-state index in [9.17, 15) is 0 Å². The van der Waals surface area contributed by atoms with Gasteiger partial charge in [0, 0.05) is 25.3 Å². The Morgan fingerprint density at radius 3 is 2.39 bits per heavy atom. The Kier molecular flexibility index (Phi) is 4.20. The Hall–Kier alpha value is -0.140. The van der Waals surface area contributed by atoms with E-state index in [1.807, 2.05) is 0 Å². The predicted molar refractivity (Wildman–Crippen MR) is 78.6 cm³/mol. The number of nitrogens with zero attached hydrogens (tertiary/aromatic N) is 3. The van der Waals surface area contributed by atoms with E-state index < -0.39 is 0 Å². The average molecular weight is 361 g/mol. The van der Waals surface area contributed by atoms with Crippen molar-refractivity contribution in [3.05, 3.63) is 16.0 Å². The Morgan fingerprint density at radius 2 is 1.78 bits per heavy atom. The van der Waals surface area contributed by atoms with Crippen LogP contribution >= 0.6 is 22.6 Å². The van der Waals surface area contributed by atoms with Crippen LogP contribution in [0.1, 0.15) is 31.7 Å². The molecule has 0 unspecified atom stereocenters. The number of hydrogen-bond donors (Lipinski definition) is 0. The van der Waals surface area contributed by atoms with Crippen molar-refractivity contribution in [3.63, 3.8) is 0 Å². The average Bonchev–Trinajstić information content (AvgIpc) is 2.87. The van der Waals surface area contributed by atoms with Crippen LogP contribution in [0, 0.1) is 3.70 Å². The molecule has 1 aliphatic carbocycles. The van der Waals surface area contributed by atoms with E-state index in [1.165, 1.54) is 25.7 Å². The fourth-order valence-corrected chi connectivity index (χ4v) is 3.56. The normalized spacial score (nSPS) is 30.5. The van der Waals surface area contributed by atoms with E-state index in [0.29, 0.717) is 6.04 Å². The molecule has 0 radical (unpaired) electrons. The van der Waals surface area contributed by atoms with Gasteiger partial charge in [0.05, 0.1) is 19.3 Å². The van der Waals surface area contributed by atoms with Crippen LogP contribution < -0.4 is 0 Å². The molecule has 2 fully saturated rings. The third kappa shape index (κ3) is 2.88. The van der Waals surface area contributed by atoms with Crippen molar-refractivity contribution < 1.29 is 4.74 Å². The minimum Gasteiger partial charge on any atom is -0.379 e. The second-order valence-electron chi connectivity index (χ2n) is 5.23. The summed E-state index contributed by atoms with van der Waals surface area (Å²) < 4.78 is 8.69. The van der Waals surface area contributed by atoms with Crippen molar-refractivity contribution in [2.45, 2.75) is 37.8 Å². The van der Waals surface area contributed by atoms with Gasteiger partial charge in [-0.3, -0.25) is 9.58 Å². The molecule has 3 rings (SSSR count). The van der Waals surface area contributed by atoms with Gasteiger partial charge in [-0.1, -0.05) is 0 Å². The number of aromatic nitrogens is 2. The summed E-state index contributed by atoms with van der Waals surface area (Å²) in [4.78, 5) is 2.62. The maximum atomic E-state index is 5.43. The van der Waals surface area contributed by atoms with Crippen LogP contribution in [0.4, 0.5) is 0 Å². The number of halogens is 1. The first-order valence-electron chi connectivity index (χ1n) is 6.85. The predicted octanol–water partition coefficient (Wildman–Crippen LogP) is 2.30. The molecule has 2 heterocycles. The van der Waals surface area contributed by atoms with Crippen molar-refractivity contribution >= 4 is 22.6 Å². The summed E-state index contributed by atoms with van der Waals surface area (Å²) in [5.41, 5.74) is 0. The van der Waals surface area contributed by atoms with Crippen molar-refractivity contribution in [3.8, 4) is 0 Å². The van der Waals surface area contributed by atoms with E-state index in [0.717, 1.165) is 36.0 Å². The molecule has 0 bridgehead atoms. The van der Waals surface area contributed by atoms with Crippen LogP contribution in [-0.2, 0) is 4.74 Å². The molecule has 0 N–H and O–H groups in total. The SMILES string of the molecule is Ic1ccn([C@H]2CC[C@H](N3CCOCC3)CC2)n1. The molecule has 1 aromatic heterocycles. The van der Waals surface area contributed by atoms with E-state index in [1.54, 1.807) is 0 Å². The monoisotopic (exact) mass is 361 g/mol. The Morgan fingerprint density at radius 1 is 1.11 bits per heavy atom. The molecular formula is C13H20IN3O. The lowest BCUT2D eigenvalue weighted by Crippen LogP contribution is -2.45. The molecule has 5 heteroatoms. The molecular weight excluding hydrogens is 341 g/mol. The largest absolute Gasteiger partial charge is 0.379 e. The van der Waals surface area contributed by atoms with Gasteiger partial charge in [0.1, 0.15) is 3.70 Å². The van der Waals surface area contributed by atoms with Crippen LogP contribution in [0.2, 0.25) is 0 Å². The lowest BCUT2D eigenvalue weighted by atomic mass is 9.90. The molecule has 0 atom stereocenters. The molecule has 4 nitrogen and oxygen atoms in total. The van der Waals surface area contributed by atoms with E-state index in [4.69, 9.17) is 4.74 Å². The van der Waals surface area contributed by atoms with Crippen LogP contribution in [0.3, 0.4) is 0 Å². The standard InChI is InChI=1S/C13H20IN3O/c14-13-5-6-17(15-13)12-3-1-11(2-4-12)16-7-9-18-10-8-16/h5-6,11-12H,1-4,7-10H2/t11-,12-. The van der Waals surface area contributed by atoms with Gasteiger partial charge in [0.15, 0.2) is 0 Å². The lowest BCUT2D eigenvalue weighted by molar-refractivity contribution is 0.00505. The summed E-state index contributed by atoms with van der Waals surface area (Å²) in [6.45, 7) is 4.07. The first-order chi connectivity index (χ1) is 8.83. The quantitative estimate of drug-likeness (QED) is 0.758.